The molecule has 0 aliphatic carbocycles. The SMILES string of the molecule is C=C(Sc1ccccc1)C(C)(O)CC. The molecular formula is C12H16OS. The molecule has 1 atom stereocenters. The molecule has 1 nitrogen and oxygen atoms in total. The van der Waals surface area contributed by atoms with Gasteiger partial charge in [-0.2, -0.15) is 0 Å². The van der Waals surface area contributed by atoms with Gasteiger partial charge in [0.05, 0.1) is 5.60 Å². The molecule has 0 spiro atoms. The molecule has 0 aliphatic heterocycles. The van der Waals surface area contributed by atoms with E-state index in [2.05, 4.69) is 6.58 Å². The van der Waals surface area contributed by atoms with Crippen molar-refractivity contribution in [2.75, 3.05) is 0 Å². The minimum Gasteiger partial charge on any atom is -0.385 e. The van der Waals surface area contributed by atoms with Crippen molar-refractivity contribution < 1.29 is 5.11 Å². The first-order valence-corrected chi connectivity index (χ1v) is 5.52. The molecule has 1 aromatic carbocycles. The Hall–Kier alpha value is -0.730. The molecule has 1 aromatic rings. The van der Waals surface area contributed by atoms with Gasteiger partial charge in [0.25, 0.3) is 0 Å². The fraction of sp³-hybridized carbons (Fsp3) is 0.333. The lowest BCUT2D eigenvalue weighted by Crippen LogP contribution is -2.23. The van der Waals surface area contributed by atoms with Gasteiger partial charge in [0.2, 0.25) is 0 Å². The zero-order valence-corrected chi connectivity index (χ0v) is 9.47. The first kappa shape index (κ1) is 11.3. The van der Waals surface area contributed by atoms with Crippen LogP contribution in [0.3, 0.4) is 0 Å². The number of rotatable bonds is 4. The Morgan fingerprint density at radius 2 is 2.00 bits per heavy atom. The first-order chi connectivity index (χ1) is 6.56. The monoisotopic (exact) mass is 208 g/mol. The van der Waals surface area contributed by atoms with E-state index in [4.69, 9.17) is 0 Å². The Balaban J connectivity index is 2.67. The van der Waals surface area contributed by atoms with E-state index in [-0.39, 0.29) is 0 Å². The summed E-state index contributed by atoms with van der Waals surface area (Å²) in [4.78, 5) is 1.91. The molecule has 0 aromatic heterocycles. The van der Waals surface area contributed by atoms with Gasteiger partial charge in [-0.3, -0.25) is 0 Å². The van der Waals surface area contributed by atoms with Crippen molar-refractivity contribution in [2.24, 2.45) is 0 Å². The van der Waals surface area contributed by atoms with E-state index < -0.39 is 5.60 Å². The number of hydrogen-bond donors (Lipinski definition) is 1. The van der Waals surface area contributed by atoms with Crippen LogP contribution in [0.15, 0.2) is 46.7 Å². The molecule has 0 amide bonds. The number of hydrogen-bond acceptors (Lipinski definition) is 2. The summed E-state index contributed by atoms with van der Waals surface area (Å²) in [5.74, 6) is 0. The molecule has 0 aliphatic rings. The zero-order chi connectivity index (χ0) is 10.6. The standard InChI is InChI=1S/C12H16OS/c1-4-12(3,13)10(2)14-11-8-6-5-7-9-11/h5-9,13H,2,4H2,1,3H3. The zero-order valence-electron chi connectivity index (χ0n) is 8.66. The molecule has 14 heavy (non-hydrogen) atoms. The highest BCUT2D eigenvalue weighted by atomic mass is 32.2. The molecule has 0 heterocycles. The van der Waals surface area contributed by atoms with E-state index in [9.17, 15) is 5.11 Å². The average molecular weight is 208 g/mol. The minimum absolute atomic E-state index is 0.686. The van der Waals surface area contributed by atoms with Crippen LogP contribution in [0.5, 0.6) is 0 Å². The lowest BCUT2D eigenvalue weighted by Gasteiger charge is -2.23. The van der Waals surface area contributed by atoms with E-state index in [0.717, 1.165) is 9.80 Å². The smallest absolute Gasteiger partial charge is 0.0921 e. The van der Waals surface area contributed by atoms with Gasteiger partial charge in [-0.1, -0.05) is 43.5 Å². The summed E-state index contributed by atoms with van der Waals surface area (Å²) in [7, 11) is 0. The van der Waals surface area contributed by atoms with Gasteiger partial charge in [-0.05, 0) is 25.5 Å². The molecule has 76 valence electrons. The molecule has 0 fully saturated rings. The maximum atomic E-state index is 9.93. The van der Waals surface area contributed by atoms with E-state index >= 15 is 0 Å². The van der Waals surface area contributed by atoms with Crippen LogP contribution in [0.25, 0.3) is 0 Å². The molecule has 0 saturated heterocycles. The van der Waals surface area contributed by atoms with Gasteiger partial charge in [0, 0.05) is 9.80 Å². The molecule has 0 saturated carbocycles. The quantitative estimate of drug-likeness (QED) is 0.765. The fourth-order valence-corrected chi connectivity index (χ4v) is 1.88. The third-order valence-corrected chi connectivity index (χ3v) is 3.47. The summed E-state index contributed by atoms with van der Waals surface area (Å²) in [6, 6.07) is 9.97. The Kier molecular flexibility index (Phi) is 3.78. The van der Waals surface area contributed by atoms with Crippen LogP contribution >= 0.6 is 11.8 Å². The third-order valence-electron chi connectivity index (χ3n) is 2.27. The van der Waals surface area contributed by atoms with E-state index in [1.54, 1.807) is 6.92 Å². The Morgan fingerprint density at radius 1 is 1.43 bits per heavy atom. The van der Waals surface area contributed by atoms with Crippen LogP contribution in [0.1, 0.15) is 20.3 Å². The van der Waals surface area contributed by atoms with Gasteiger partial charge >= 0.3 is 0 Å². The maximum Gasteiger partial charge on any atom is 0.0921 e. The van der Waals surface area contributed by atoms with Crippen molar-refractivity contribution in [1.29, 1.82) is 0 Å². The number of thioether (sulfide) groups is 1. The summed E-state index contributed by atoms with van der Waals surface area (Å²) < 4.78 is 0. The Morgan fingerprint density at radius 3 is 2.50 bits per heavy atom. The normalized spacial score (nSPS) is 14.8. The maximum absolute atomic E-state index is 9.93. The summed E-state index contributed by atoms with van der Waals surface area (Å²) in [6.07, 6.45) is 0.686. The summed E-state index contributed by atoms with van der Waals surface area (Å²) in [5, 5.41) is 9.93. The average Bonchev–Trinajstić information content (AvgIpc) is 2.19. The van der Waals surface area contributed by atoms with Crippen LogP contribution in [-0.2, 0) is 0 Å². The van der Waals surface area contributed by atoms with E-state index in [1.807, 2.05) is 37.3 Å². The van der Waals surface area contributed by atoms with Gasteiger partial charge in [0.1, 0.15) is 0 Å². The number of benzene rings is 1. The molecular weight excluding hydrogens is 192 g/mol. The predicted octanol–water partition coefficient (Wildman–Crippen LogP) is 3.45. The highest BCUT2D eigenvalue weighted by Gasteiger charge is 2.22. The first-order valence-electron chi connectivity index (χ1n) is 4.71. The van der Waals surface area contributed by atoms with Gasteiger partial charge in [0.15, 0.2) is 0 Å². The van der Waals surface area contributed by atoms with Crippen LogP contribution in [-0.4, -0.2) is 10.7 Å². The van der Waals surface area contributed by atoms with Gasteiger partial charge < -0.3 is 5.11 Å². The predicted molar refractivity (Wildman–Crippen MR) is 62.4 cm³/mol. The molecule has 1 rings (SSSR count). The van der Waals surface area contributed by atoms with Crippen LogP contribution in [0.2, 0.25) is 0 Å². The van der Waals surface area contributed by atoms with Crippen LogP contribution in [0, 0.1) is 0 Å². The summed E-state index contributed by atoms with van der Waals surface area (Å²) in [6.45, 7) is 7.66. The summed E-state index contributed by atoms with van der Waals surface area (Å²) in [5.41, 5.74) is -0.777. The minimum atomic E-state index is -0.777. The second kappa shape index (κ2) is 4.67. The topological polar surface area (TPSA) is 20.2 Å². The van der Waals surface area contributed by atoms with E-state index in [0.29, 0.717) is 6.42 Å². The Bertz CT molecular complexity index is 303. The molecule has 2 heteroatoms. The highest BCUT2D eigenvalue weighted by Crippen LogP contribution is 2.34. The molecule has 1 N–H and O–H groups in total. The molecule has 0 bridgehead atoms. The highest BCUT2D eigenvalue weighted by molar-refractivity contribution is 8.03. The van der Waals surface area contributed by atoms with Crippen molar-refractivity contribution in [3.8, 4) is 0 Å². The van der Waals surface area contributed by atoms with Gasteiger partial charge in [-0.15, -0.1) is 0 Å². The second-order valence-corrected chi connectivity index (χ2v) is 4.63. The van der Waals surface area contributed by atoms with Crippen molar-refractivity contribution in [3.63, 3.8) is 0 Å². The summed E-state index contributed by atoms with van der Waals surface area (Å²) >= 11 is 1.53. The van der Waals surface area contributed by atoms with Crippen molar-refractivity contribution in [2.45, 2.75) is 30.8 Å². The molecule has 0 radical (unpaired) electrons. The Labute approximate surface area is 89.8 Å². The lowest BCUT2D eigenvalue weighted by atomic mass is 10.0. The van der Waals surface area contributed by atoms with Crippen molar-refractivity contribution in [3.05, 3.63) is 41.8 Å². The van der Waals surface area contributed by atoms with Crippen molar-refractivity contribution in [1.82, 2.24) is 0 Å². The number of aliphatic hydroxyl groups is 1. The molecule has 1 unspecified atom stereocenters. The van der Waals surface area contributed by atoms with E-state index in [1.165, 1.54) is 11.8 Å². The largest absolute Gasteiger partial charge is 0.385 e. The fourth-order valence-electron chi connectivity index (χ4n) is 0.938. The van der Waals surface area contributed by atoms with Crippen LogP contribution < -0.4 is 0 Å². The van der Waals surface area contributed by atoms with Crippen LogP contribution in [0.4, 0.5) is 0 Å². The lowest BCUT2D eigenvalue weighted by molar-refractivity contribution is 0.104. The third kappa shape index (κ3) is 2.89. The second-order valence-electron chi connectivity index (χ2n) is 3.47. The van der Waals surface area contributed by atoms with Gasteiger partial charge in [-0.25, -0.2) is 0 Å². The van der Waals surface area contributed by atoms with Crippen molar-refractivity contribution >= 4 is 11.8 Å².